The van der Waals surface area contributed by atoms with Crippen LogP contribution < -0.4 is 5.32 Å². The number of rotatable bonds is 5. The van der Waals surface area contributed by atoms with E-state index in [0.717, 1.165) is 17.3 Å². The fourth-order valence-corrected chi connectivity index (χ4v) is 3.57. The van der Waals surface area contributed by atoms with E-state index in [4.69, 9.17) is 11.6 Å². The molecule has 0 aliphatic carbocycles. The molecule has 1 heterocycles. The van der Waals surface area contributed by atoms with Gasteiger partial charge in [-0.3, -0.25) is 14.5 Å². The number of benzene rings is 2. The second kappa shape index (κ2) is 7.98. The molecular formula is C20H19ClN2O2S. The summed E-state index contributed by atoms with van der Waals surface area (Å²) in [7, 11) is 0. The Kier molecular flexibility index (Phi) is 5.69. The molecule has 1 fully saturated rings. The number of thioether (sulfide) groups is 1. The molecule has 3 rings (SSSR count). The maximum Gasteiger partial charge on any atom is 0.295 e. The van der Waals surface area contributed by atoms with Crippen LogP contribution in [0.15, 0.2) is 53.4 Å². The van der Waals surface area contributed by atoms with E-state index in [0.29, 0.717) is 21.5 Å². The largest absolute Gasteiger partial charge is 0.366 e. The van der Waals surface area contributed by atoms with Gasteiger partial charge in [0.05, 0.1) is 22.3 Å². The van der Waals surface area contributed by atoms with Crippen molar-refractivity contribution in [3.8, 4) is 0 Å². The van der Waals surface area contributed by atoms with Crippen molar-refractivity contribution in [1.29, 1.82) is 0 Å². The topological polar surface area (TPSA) is 49.4 Å². The fourth-order valence-electron chi connectivity index (χ4n) is 2.53. The van der Waals surface area contributed by atoms with E-state index in [2.05, 4.69) is 19.2 Å². The van der Waals surface area contributed by atoms with E-state index in [-0.39, 0.29) is 17.8 Å². The van der Waals surface area contributed by atoms with Gasteiger partial charge in [0.15, 0.2) is 0 Å². The molecule has 1 aliphatic heterocycles. The number of hydrogen-bond donors (Lipinski definition) is 1. The number of amides is 2. The van der Waals surface area contributed by atoms with Crippen LogP contribution in [0.4, 0.5) is 10.5 Å². The molecule has 1 aliphatic rings. The lowest BCUT2D eigenvalue weighted by Crippen LogP contribution is -2.33. The third kappa shape index (κ3) is 4.11. The van der Waals surface area contributed by atoms with Crippen molar-refractivity contribution >= 4 is 46.3 Å². The molecule has 1 saturated heterocycles. The van der Waals surface area contributed by atoms with Gasteiger partial charge in [0.1, 0.15) is 0 Å². The number of nitrogens with one attached hydrogen (secondary N) is 1. The number of nitrogens with zero attached hydrogens (tertiary/aromatic N) is 1. The summed E-state index contributed by atoms with van der Waals surface area (Å²) < 4.78 is 0. The van der Waals surface area contributed by atoms with Crippen LogP contribution >= 0.6 is 23.4 Å². The Hall–Kier alpha value is -2.24. The predicted octanol–water partition coefficient (Wildman–Crippen LogP) is 5.57. The molecule has 134 valence electrons. The quantitative estimate of drug-likeness (QED) is 0.682. The molecule has 0 radical (unpaired) electrons. The maximum atomic E-state index is 12.5. The highest BCUT2D eigenvalue weighted by atomic mass is 35.5. The molecule has 6 heteroatoms. The summed E-state index contributed by atoms with van der Waals surface area (Å²) in [4.78, 5) is 26.3. The highest BCUT2D eigenvalue weighted by molar-refractivity contribution is 8.18. The number of carbonyl (C=O) groups is 2. The summed E-state index contributed by atoms with van der Waals surface area (Å²) in [6, 6.07) is 15.2. The van der Waals surface area contributed by atoms with Gasteiger partial charge in [0.2, 0.25) is 0 Å². The van der Waals surface area contributed by atoms with Gasteiger partial charge in [0.25, 0.3) is 11.1 Å². The zero-order valence-corrected chi connectivity index (χ0v) is 16.1. The summed E-state index contributed by atoms with van der Waals surface area (Å²) in [6.45, 7) is 4.34. The first-order valence-corrected chi connectivity index (χ1v) is 9.49. The van der Waals surface area contributed by atoms with Gasteiger partial charge in [-0.05, 0) is 47.0 Å². The molecule has 0 atom stereocenters. The maximum absolute atomic E-state index is 12.5. The smallest absolute Gasteiger partial charge is 0.295 e. The van der Waals surface area contributed by atoms with E-state index in [9.17, 15) is 9.59 Å². The van der Waals surface area contributed by atoms with Crippen molar-refractivity contribution < 1.29 is 9.59 Å². The Morgan fingerprint density at radius 2 is 1.81 bits per heavy atom. The minimum Gasteiger partial charge on any atom is -0.366 e. The Labute approximate surface area is 162 Å². The minimum absolute atomic E-state index is 0.0814. The van der Waals surface area contributed by atoms with E-state index in [1.807, 2.05) is 36.4 Å². The Morgan fingerprint density at radius 3 is 2.46 bits per heavy atom. The molecule has 0 unspecified atom stereocenters. The van der Waals surface area contributed by atoms with Crippen LogP contribution in [0.5, 0.6) is 0 Å². The standard InChI is InChI=1S/C20H19ClN2O2S/c1-13(2)15-9-7-14(8-10-15)11-18-19(24)23(20(25)26-18)12-22-17-6-4-3-5-16(17)21/h3-11,13,22H,12H2,1-2H3/b18-11-. The lowest BCUT2D eigenvalue weighted by molar-refractivity contribution is -0.122. The van der Waals surface area contributed by atoms with Gasteiger partial charge in [-0.15, -0.1) is 0 Å². The van der Waals surface area contributed by atoms with Gasteiger partial charge in [-0.1, -0.05) is 61.8 Å². The summed E-state index contributed by atoms with van der Waals surface area (Å²) in [6.07, 6.45) is 1.75. The van der Waals surface area contributed by atoms with Gasteiger partial charge < -0.3 is 5.32 Å². The highest BCUT2D eigenvalue weighted by Gasteiger charge is 2.34. The first kappa shape index (κ1) is 18.5. The van der Waals surface area contributed by atoms with Crippen molar-refractivity contribution in [2.45, 2.75) is 19.8 Å². The summed E-state index contributed by atoms with van der Waals surface area (Å²) >= 11 is 7.04. The SMILES string of the molecule is CC(C)c1ccc(/C=C2\SC(=O)N(CNc3ccccc3Cl)C2=O)cc1. The normalized spacial score (nSPS) is 16.0. The predicted molar refractivity (Wildman–Crippen MR) is 108 cm³/mol. The van der Waals surface area contributed by atoms with Crippen molar-refractivity contribution in [3.63, 3.8) is 0 Å². The van der Waals surface area contributed by atoms with Crippen LogP contribution in [0.2, 0.25) is 5.02 Å². The number of para-hydroxylation sites is 1. The van der Waals surface area contributed by atoms with Gasteiger partial charge in [-0.2, -0.15) is 0 Å². The first-order valence-electron chi connectivity index (χ1n) is 8.29. The summed E-state index contributed by atoms with van der Waals surface area (Å²) in [5.74, 6) is 0.152. The van der Waals surface area contributed by atoms with Crippen LogP contribution in [0, 0.1) is 0 Å². The number of halogens is 1. The van der Waals surface area contributed by atoms with Crippen LogP contribution in [0.1, 0.15) is 30.9 Å². The average molecular weight is 387 g/mol. The van der Waals surface area contributed by atoms with E-state index in [1.54, 1.807) is 18.2 Å². The first-order chi connectivity index (χ1) is 12.5. The molecular weight excluding hydrogens is 368 g/mol. The lowest BCUT2D eigenvalue weighted by atomic mass is 10.0. The van der Waals surface area contributed by atoms with E-state index in [1.165, 1.54) is 10.5 Å². The monoisotopic (exact) mass is 386 g/mol. The number of hydrogen-bond acceptors (Lipinski definition) is 4. The number of anilines is 1. The highest BCUT2D eigenvalue weighted by Crippen LogP contribution is 2.32. The van der Waals surface area contributed by atoms with Gasteiger partial charge in [0, 0.05) is 0 Å². The van der Waals surface area contributed by atoms with Crippen LogP contribution in [0.3, 0.4) is 0 Å². The van der Waals surface area contributed by atoms with Crippen molar-refractivity contribution in [3.05, 3.63) is 69.6 Å². The lowest BCUT2D eigenvalue weighted by Gasteiger charge is -2.15. The Balaban J connectivity index is 1.71. The van der Waals surface area contributed by atoms with Crippen LogP contribution in [-0.4, -0.2) is 22.7 Å². The number of carbonyl (C=O) groups excluding carboxylic acids is 2. The zero-order chi connectivity index (χ0) is 18.7. The molecule has 2 aromatic rings. The van der Waals surface area contributed by atoms with Crippen molar-refractivity contribution in [2.75, 3.05) is 12.0 Å². The summed E-state index contributed by atoms with van der Waals surface area (Å²) in [5, 5.41) is 3.28. The second-order valence-electron chi connectivity index (χ2n) is 6.25. The van der Waals surface area contributed by atoms with Crippen LogP contribution in [-0.2, 0) is 4.79 Å². The molecule has 2 amide bonds. The van der Waals surface area contributed by atoms with Crippen molar-refractivity contribution in [2.24, 2.45) is 0 Å². The molecule has 0 aromatic heterocycles. The molecule has 4 nitrogen and oxygen atoms in total. The van der Waals surface area contributed by atoms with Crippen LogP contribution in [0.25, 0.3) is 6.08 Å². The number of imide groups is 1. The third-order valence-electron chi connectivity index (χ3n) is 4.08. The molecule has 0 saturated carbocycles. The minimum atomic E-state index is -0.299. The van der Waals surface area contributed by atoms with Gasteiger partial charge in [-0.25, -0.2) is 0 Å². The molecule has 0 bridgehead atoms. The Morgan fingerprint density at radius 1 is 1.12 bits per heavy atom. The molecule has 2 aromatic carbocycles. The average Bonchev–Trinajstić information content (AvgIpc) is 2.88. The van der Waals surface area contributed by atoms with Gasteiger partial charge >= 0.3 is 0 Å². The molecule has 0 spiro atoms. The fraction of sp³-hybridized carbons (Fsp3) is 0.200. The summed E-state index contributed by atoms with van der Waals surface area (Å²) in [5.41, 5.74) is 2.82. The molecule has 26 heavy (non-hydrogen) atoms. The molecule has 1 N–H and O–H groups in total. The van der Waals surface area contributed by atoms with E-state index < -0.39 is 0 Å². The van der Waals surface area contributed by atoms with E-state index >= 15 is 0 Å². The zero-order valence-electron chi connectivity index (χ0n) is 14.5. The van der Waals surface area contributed by atoms with Crippen molar-refractivity contribution in [1.82, 2.24) is 4.90 Å². The second-order valence-corrected chi connectivity index (χ2v) is 7.65. The third-order valence-corrected chi connectivity index (χ3v) is 5.31. The Bertz CT molecular complexity index is 862.